The van der Waals surface area contributed by atoms with Crippen molar-refractivity contribution in [2.24, 2.45) is 0 Å². The van der Waals surface area contributed by atoms with Crippen LogP contribution in [0.2, 0.25) is 5.15 Å². The maximum absolute atomic E-state index is 5.80. The third-order valence-corrected chi connectivity index (χ3v) is 3.51. The molecule has 4 heteroatoms. The molecular weight excluding hydrogens is 206 g/mol. The highest BCUT2D eigenvalue weighted by Gasteiger charge is 2.06. The predicted octanol–water partition coefficient (Wildman–Crippen LogP) is 3.10. The molecule has 2 aromatic rings. The van der Waals surface area contributed by atoms with Crippen LogP contribution in [0.1, 0.15) is 0 Å². The van der Waals surface area contributed by atoms with E-state index in [0.717, 1.165) is 11.0 Å². The van der Waals surface area contributed by atoms with Crippen molar-refractivity contribution >= 4 is 33.5 Å². The number of fused-ring (bicyclic) bond motifs is 1. The Morgan fingerprint density at radius 3 is 2.85 bits per heavy atom. The van der Waals surface area contributed by atoms with E-state index in [2.05, 4.69) is 23.7 Å². The minimum Gasteiger partial charge on any atom is -0.355 e. The highest BCUT2D eigenvalue weighted by Crippen LogP contribution is 2.32. The predicted molar refractivity (Wildman–Crippen MR) is 58.1 cm³/mol. The normalized spacial score (nSPS) is 12.1. The Bertz CT molecular complexity index is 438. The van der Waals surface area contributed by atoms with Crippen molar-refractivity contribution in [3.05, 3.63) is 23.4 Å². The van der Waals surface area contributed by atoms with Crippen LogP contribution >= 0.6 is 22.5 Å². The molecule has 0 spiro atoms. The first kappa shape index (κ1) is 8.91. The molecule has 0 aliphatic carbocycles. The number of benzene rings is 1. The van der Waals surface area contributed by atoms with Gasteiger partial charge in [-0.25, -0.2) is 10.9 Å². The number of nitrogens with zero attached hydrogens (tertiary/aromatic N) is 1. The van der Waals surface area contributed by atoms with Crippen molar-refractivity contribution in [1.82, 2.24) is 5.16 Å². The third kappa shape index (κ3) is 1.54. The molecule has 0 bridgehead atoms. The molecule has 0 atom stereocenters. The molecule has 0 unspecified atom stereocenters. The Morgan fingerprint density at radius 1 is 1.38 bits per heavy atom. The van der Waals surface area contributed by atoms with Crippen molar-refractivity contribution in [2.75, 3.05) is 12.5 Å². The number of thiol groups is 1. The minimum absolute atomic E-state index is 0.0904. The van der Waals surface area contributed by atoms with Gasteiger partial charge in [-0.15, -0.1) is 0 Å². The zero-order valence-electron chi connectivity index (χ0n) is 7.41. The van der Waals surface area contributed by atoms with Crippen LogP contribution in [0.15, 0.2) is 27.6 Å². The molecular formula is C9H10ClNOS. The molecule has 1 heterocycles. The maximum atomic E-state index is 5.80. The molecule has 0 saturated carbocycles. The molecule has 0 N–H and O–H groups in total. The molecule has 0 aliphatic rings. The molecule has 2 nitrogen and oxygen atoms in total. The van der Waals surface area contributed by atoms with Gasteiger partial charge < -0.3 is 4.52 Å². The number of aromatic nitrogens is 1. The first-order valence-corrected chi connectivity index (χ1v) is 6.52. The summed E-state index contributed by atoms with van der Waals surface area (Å²) >= 11 is 5.80. The van der Waals surface area contributed by atoms with Crippen LogP contribution in [0.4, 0.5) is 0 Å². The van der Waals surface area contributed by atoms with Crippen LogP contribution in [-0.2, 0) is 0 Å². The Morgan fingerprint density at radius 2 is 2.15 bits per heavy atom. The zero-order valence-corrected chi connectivity index (χ0v) is 9.06. The lowest BCUT2D eigenvalue weighted by molar-refractivity contribution is 0.456. The van der Waals surface area contributed by atoms with E-state index < -0.39 is 0 Å². The molecule has 1 aromatic heterocycles. The summed E-state index contributed by atoms with van der Waals surface area (Å²) in [7, 11) is -0.0904. The van der Waals surface area contributed by atoms with E-state index in [4.69, 9.17) is 16.1 Å². The number of rotatable bonds is 1. The fourth-order valence-electron chi connectivity index (χ4n) is 1.17. The second-order valence-electron chi connectivity index (χ2n) is 3.05. The van der Waals surface area contributed by atoms with Crippen molar-refractivity contribution in [3.63, 3.8) is 0 Å². The lowest BCUT2D eigenvalue weighted by Gasteiger charge is -2.07. The van der Waals surface area contributed by atoms with E-state index in [-0.39, 0.29) is 10.9 Å². The monoisotopic (exact) mass is 215 g/mol. The quantitative estimate of drug-likeness (QED) is 0.740. The standard InChI is InChI=1S/C9H10ClNOS/c1-13(2)6-3-4-7-8(5-6)12-11-9(7)10/h3-5,13H,1-2H3. The molecule has 1 aromatic carbocycles. The number of halogens is 1. The second kappa shape index (κ2) is 3.24. The Balaban J connectivity index is 2.63. The summed E-state index contributed by atoms with van der Waals surface area (Å²) in [5, 5.41) is 5.03. The van der Waals surface area contributed by atoms with Gasteiger partial charge in [-0.2, -0.15) is 0 Å². The first-order chi connectivity index (χ1) is 6.18. The largest absolute Gasteiger partial charge is 0.355 e. The Labute approximate surface area is 84.2 Å². The highest BCUT2D eigenvalue weighted by atomic mass is 35.5. The topological polar surface area (TPSA) is 26.0 Å². The smallest absolute Gasteiger partial charge is 0.179 e. The van der Waals surface area contributed by atoms with Gasteiger partial charge in [-0.3, -0.25) is 0 Å². The van der Waals surface area contributed by atoms with Crippen LogP contribution < -0.4 is 0 Å². The van der Waals surface area contributed by atoms with Crippen LogP contribution in [-0.4, -0.2) is 17.7 Å². The molecule has 0 saturated heterocycles. The molecule has 70 valence electrons. The van der Waals surface area contributed by atoms with Crippen molar-refractivity contribution < 1.29 is 4.52 Å². The van der Waals surface area contributed by atoms with Gasteiger partial charge in [0.1, 0.15) is 0 Å². The molecule has 13 heavy (non-hydrogen) atoms. The zero-order chi connectivity index (χ0) is 9.42. The summed E-state index contributed by atoms with van der Waals surface area (Å²) < 4.78 is 5.07. The van der Waals surface area contributed by atoms with E-state index >= 15 is 0 Å². The van der Waals surface area contributed by atoms with Gasteiger partial charge in [0.2, 0.25) is 0 Å². The average Bonchev–Trinajstić information content (AvgIpc) is 2.47. The lowest BCUT2D eigenvalue weighted by atomic mass is 10.3. The van der Waals surface area contributed by atoms with Gasteiger partial charge in [0, 0.05) is 0 Å². The third-order valence-electron chi connectivity index (χ3n) is 1.93. The lowest BCUT2D eigenvalue weighted by Crippen LogP contribution is -1.76. The average molecular weight is 216 g/mol. The van der Waals surface area contributed by atoms with Crippen molar-refractivity contribution in [2.45, 2.75) is 4.90 Å². The highest BCUT2D eigenvalue weighted by molar-refractivity contribution is 8.15. The van der Waals surface area contributed by atoms with Gasteiger partial charge in [0.25, 0.3) is 0 Å². The van der Waals surface area contributed by atoms with Crippen LogP contribution in [0, 0.1) is 0 Å². The number of hydrogen-bond acceptors (Lipinski definition) is 2. The van der Waals surface area contributed by atoms with Gasteiger partial charge in [-0.1, -0.05) is 16.8 Å². The van der Waals surface area contributed by atoms with E-state index in [1.54, 1.807) is 0 Å². The minimum atomic E-state index is -0.0904. The van der Waals surface area contributed by atoms with Gasteiger partial charge in [0.15, 0.2) is 10.7 Å². The molecule has 0 fully saturated rings. The van der Waals surface area contributed by atoms with Crippen molar-refractivity contribution in [1.29, 1.82) is 0 Å². The van der Waals surface area contributed by atoms with Crippen LogP contribution in [0.25, 0.3) is 11.0 Å². The molecule has 0 aliphatic heterocycles. The fourth-order valence-corrected chi connectivity index (χ4v) is 2.11. The summed E-state index contributed by atoms with van der Waals surface area (Å²) in [6, 6.07) is 6.06. The first-order valence-electron chi connectivity index (χ1n) is 3.91. The summed E-state index contributed by atoms with van der Waals surface area (Å²) in [6.45, 7) is 0. The number of hydrogen-bond donors (Lipinski definition) is 1. The SMILES string of the molecule is C[SH](C)c1ccc2c(Cl)noc2c1. The van der Waals surface area contributed by atoms with E-state index in [1.165, 1.54) is 4.90 Å². The Hall–Kier alpha value is -0.670. The van der Waals surface area contributed by atoms with Gasteiger partial charge in [-0.05, 0) is 35.6 Å². The maximum Gasteiger partial charge on any atom is 0.179 e. The summed E-state index contributed by atoms with van der Waals surface area (Å²) in [6.07, 6.45) is 4.41. The Kier molecular flexibility index (Phi) is 2.22. The summed E-state index contributed by atoms with van der Waals surface area (Å²) in [5.41, 5.74) is 0.777. The molecule has 2 rings (SSSR count). The summed E-state index contributed by atoms with van der Waals surface area (Å²) in [4.78, 5) is 1.30. The van der Waals surface area contributed by atoms with Gasteiger partial charge in [0.05, 0.1) is 5.39 Å². The molecule has 0 radical (unpaired) electrons. The van der Waals surface area contributed by atoms with E-state index in [1.807, 2.05) is 12.1 Å². The van der Waals surface area contributed by atoms with Crippen molar-refractivity contribution in [3.8, 4) is 0 Å². The van der Waals surface area contributed by atoms with Gasteiger partial charge >= 0.3 is 0 Å². The van der Waals surface area contributed by atoms with E-state index in [9.17, 15) is 0 Å². The van der Waals surface area contributed by atoms with Crippen LogP contribution in [0.5, 0.6) is 0 Å². The van der Waals surface area contributed by atoms with Crippen LogP contribution in [0.3, 0.4) is 0 Å². The summed E-state index contributed by atoms with van der Waals surface area (Å²) in [5.74, 6) is 0. The fraction of sp³-hybridized carbons (Fsp3) is 0.222. The molecule has 0 amide bonds. The second-order valence-corrected chi connectivity index (χ2v) is 5.71. The van der Waals surface area contributed by atoms with E-state index in [0.29, 0.717) is 5.15 Å².